The largest absolute Gasteiger partial charge is 0.507 e. The first-order valence-corrected chi connectivity index (χ1v) is 9.18. The van der Waals surface area contributed by atoms with Crippen molar-refractivity contribution in [2.24, 2.45) is 5.92 Å². The molecule has 24 heavy (non-hydrogen) atoms. The highest BCUT2D eigenvalue weighted by atomic mass is 16.3. The Morgan fingerprint density at radius 1 is 1.12 bits per heavy atom. The topological polar surface area (TPSA) is 60.7 Å². The monoisotopic (exact) mass is 332 g/mol. The lowest BCUT2D eigenvalue weighted by Gasteiger charge is -2.38. The van der Waals surface area contributed by atoms with Crippen LogP contribution in [0.15, 0.2) is 23.8 Å². The predicted octanol–water partition coefficient (Wildman–Crippen LogP) is 5.04. The second-order valence-corrected chi connectivity index (χ2v) is 7.84. The number of benzene rings is 1. The molecule has 1 aromatic carbocycles. The van der Waals surface area contributed by atoms with Crippen molar-refractivity contribution in [3.05, 3.63) is 34.9 Å². The Morgan fingerprint density at radius 3 is 2.29 bits per heavy atom. The van der Waals surface area contributed by atoms with Gasteiger partial charge in [-0.25, -0.2) is 0 Å². The van der Waals surface area contributed by atoms with E-state index in [1.807, 2.05) is 13.8 Å². The number of aliphatic hydroxyl groups is 1. The van der Waals surface area contributed by atoms with Gasteiger partial charge < -0.3 is 15.3 Å². The quantitative estimate of drug-likeness (QED) is 0.505. The van der Waals surface area contributed by atoms with Gasteiger partial charge in [-0.05, 0) is 70.1 Å². The molecule has 134 valence electrons. The second-order valence-electron chi connectivity index (χ2n) is 7.84. The molecule has 0 spiro atoms. The Morgan fingerprint density at radius 2 is 1.75 bits per heavy atom. The van der Waals surface area contributed by atoms with Crippen LogP contribution in [0.5, 0.6) is 11.5 Å². The van der Waals surface area contributed by atoms with Gasteiger partial charge in [0.2, 0.25) is 0 Å². The number of allylic oxidation sites excluding steroid dienone is 2. The number of phenols is 2. The molecule has 2 rings (SSSR count). The second kappa shape index (κ2) is 7.60. The molecule has 1 aromatic rings. The maximum atomic E-state index is 10.6. The molecule has 0 radical (unpaired) electrons. The van der Waals surface area contributed by atoms with Gasteiger partial charge in [-0.1, -0.05) is 31.4 Å². The van der Waals surface area contributed by atoms with Crippen LogP contribution in [0.25, 0.3) is 0 Å². The first kappa shape index (κ1) is 18.9. The van der Waals surface area contributed by atoms with E-state index < -0.39 is 5.60 Å². The number of unbranched alkanes of at least 4 members (excludes halogenated alkanes) is 2. The Bertz CT molecular complexity index is 573. The lowest BCUT2D eigenvalue weighted by atomic mass is 9.69. The van der Waals surface area contributed by atoms with Crippen molar-refractivity contribution in [3.8, 4) is 11.5 Å². The van der Waals surface area contributed by atoms with E-state index in [1.165, 1.54) is 5.57 Å². The Kier molecular flexibility index (Phi) is 5.97. The standard InChI is InChI=1S/C21H32O3/c1-5-6-7-8-15-12-18(22)20(19(23)13-15)16-11-14(2)9-10-17(16)21(3,4)24/h11-13,16-17,22-24H,5-10H2,1-4H3. The fourth-order valence-corrected chi connectivity index (χ4v) is 3.89. The number of hydrogen-bond donors (Lipinski definition) is 3. The maximum Gasteiger partial charge on any atom is 0.123 e. The fraction of sp³-hybridized carbons (Fsp3) is 0.619. The Balaban J connectivity index is 2.36. The van der Waals surface area contributed by atoms with Crippen LogP contribution in [0.3, 0.4) is 0 Å². The molecule has 0 saturated heterocycles. The lowest BCUT2D eigenvalue weighted by molar-refractivity contribution is 0.00421. The smallest absolute Gasteiger partial charge is 0.123 e. The fourth-order valence-electron chi connectivity index (χ4n) is 3.89. The van der Waals surface area contributed by atoms with Crippen LogP contribution in [-0.4, -0.2) is 20.9 Å². The summed E-state index contributed by atoms with van der Waals surface area (Å²) >= 11 is 0. The molecule has 0 amide bonds. The third kappa shape index (κ3) is 4.32. The number of phenolic OH excluding ortho intramolecular Hbond substituents is 2. The van der Waals surface area contributed by atoms with E-state index in [1.54, 1.807) is 12.1 Å². The number of rotatable bonds is 6. The minimum atomic E-state index is -0.861. The van der Waals surface area contributed by atoms with E-state index in [9.17, 15) is 15.3 Å². The van der Waals surface area contributed by atoms with Crippen molar-refractivity contribution < 1.29 is 15.3 Å². The summed E-state index contributed by atoms with van der Waals surface area (Å²) in [6, 6.07) is 3.56. The molecule has 1 aliphatic carbocycles. The van der Waals surface area contributed by atoms with Gasteiger partial charge in [0.05, 0.1) is 5.60 Å². The SMILES string of the molecule is CCCCCc1cc(O)c(C2C=C(C)CCC2C(C)(C)O)c(O)c1. The van der Waals surface area contributed by atoms with Crippen LogP contribution < -0.4 is 0 Å². The molecule has 2 unspecified atom stereocenters. The van der Waals surface area contributed by atoms with Crippen molar-refractivity contribution in [2.45, 2.75) is 77.7 Å². The van der Waals surface area contributed by atoms with Gasteiger partial charge in [-0.3, -0.25) is 0 Å². The molecule has 3 nitrogen and oxygen atoms in total. The van der Waals surface area contributed by atoms with E-state index in [0.29, 0.717) is 5.56 Å². The molecular weight excluding hydrogens is 300 g/mol. The number of hydrogen-bond acceptors (Lipinski definition) is 3. The van der Waals surface area contributed by atoms with E-state index in [-0.39, 0.29) is 23.3 Å². The zero-order valence-corrected chi connectivity index (χ0v) is 15.5. The van der Waals surface area contributed by atoms with Crippen LogP contribution in [0, 0.1) is 5.92 Å². The highest BCUT2D eigenvalue weighted by Crippen LogP contribution is 2.47. The van der Waals surface area contributed by atoms with Gasteiger partial charge >= 0.3 is 0 Å². The molecule has 0 aromatic heterocycles. The van der Waals surface area contributed by atoms with Crippen LogP contribution >= 0.6 is 0 Å². The van der Waals surface area contributed by atoms with Crippen molar-refractivity contribution in [2.75, 3.05) is 0 Å². The van der Waals surface area contributed by atoms with Crippen molar-refractivity contribution in [3.63, 3.8) is 0 Å². The number of aromatic hydroxyl groups is 2. The molecular formula is C21H32O3. The summed E-state index contributed by atoms with van der Waals surface area (Å²) in [5.74, 6) is 0.103. The van der Waals surface area contributed by atoms with Crippen molar-refractivity contribution in [1.82, 2.24) is 0 Å². The Hall–Kier alpha value is -1.48. The van der Waals surface area contributed by atoms with E-state index in [0.717, 1.165) is 44.1 Å². The minimum absolute atomic E-state index is 0.0241. The van der Waals surface area contributed by atoms with Crippen LogP contribution in [0.4, 0.5) is 0 Å². The summed E-state index contributed by atoms with van der Waals surface area (Å²) < 4.78 is 0. The lowest BCUT2D eigenvalue weighted by Crippen LogP contribution is -2.36. The molecule has 0 fully saturated rings. The molecule has 2 atom stereocenters. The van der Waals surface area contributed by atoms with Crippen molar-refractivity contribution in [1.29, 1.82) is 0 Å². The van der Waals surface area contributed by atoms with Gasteiger partial charge in [0.25, 0.3) is 0 Å². The summed E-state index contributed by atoms with van der Waals surface area (Å²) in [7, 11) is 0. The molecule has 0 aliphatic heterocycles. The average Bonchev–Trinajstić information content (AvgIpc) is 2.45. The molecule has 0 heterocycles. The van der Waals surface area contributed by atoms with E-state index >= 15 is 0 Å². The zero-order valence-electron chi connectivity index (χ0n) is 15.5. The summed E-state index contributed by atoms with van der Waals surface area (Å²) in [4.78, 5) is 0. The third-order valence-electron chi connectivity index (χ3n) is 5.25. The Labute approximate surface area is 146 Å². The summed E-state index contributed by atoms with van der Waals surface area (Å²) in [5.41, 5.74) is 1.91. The molecule has 0 saturated carbocycles. The highest BCUT2D eigenvalue weighted by Gasteiger charge is 2.38. The van der Waals surface area contributed by atoms with Gasteiger partial charge in [0.15, 0.2) is 0 Å². The van der Waals surface area contributed by atoms with Crippen LogP contribution in [0.1, 0.15) is 76.8 Å². The molecule has 3 heteroatoms. The van der Waals surface area contributed by atoms with Crippen LogP contribution in [0.2, 0.25) is 0 Å². The van der Waals surface area contributed by atoms with Gasteiger partial charge in [0, 0.05) is 11.5 Å². The van der Waals surface area contributed by atoms with E-state index in [2.05, 4.69) is 19.9 Å². The maximum absolute atomic E-state index is 10.6. The highest BCUT2D eigenvalue weighted by molar-refractivity contribution is 5.51. The van der Waals surface area contributed by atoms with Crippen LogP contribution in [-0.2, 0) is 6.42 Å². The average molecular weight is 332 g/mol. The zero-order chi connectivity index (χ0) is 17.9. The summed E-state index contributed by atoms with van der Waals surface area (Å²) in [5, 5.41) is 31.7. The van der Waals surface area contributed by atoms with Crippen molar-refractivity contribution >= 4 is 0 Å². The van der Waals surface area contributed by atoms with Gasteiger partial charge in [0.1, 0.15) is 11.5 Å². The normalized spacial score (nSPS) is 21.6. The third-order valence-corrected chi connectivity index (χ3v) is 5.25. The molecule has 1 aliphatic rings. The predicted molar refractivity (Wildman–Crippen MR) is 98.5 cm³/mol. The minimum Gasteiger partial charge on any atom is -0.507 e. The number of aryl methyl sites for hydroxylation is 1. The first-order valence-electron chi connectivity index (χ1n) is 9.18. The molecule has 0 bridgehead atoms. The van der Waals surface area contributed by atoms with E-state index in [4.69, 9.17) is 0 Å². The van der Waals surface area contributed by atoms with Gasteiger partial charge in [-0.2, -0.15) is 0 Å². The first-order chi connectivity index (χ1) is 11.2. The summed E-state index contributed by atoms with van der Waals surface area (Å²) in [6.07, 6.45) is 8.12. The van der Waals surface area contributed by atoms with Gasteiger partial charge in [-0.15, -0.1) is 0 Å². The summed E-state index contributed by atoms with van der Waals surface area (Å²) in [6.45, 7) is 7.85. The molecule has 3 N–H and O–H groups in total.